The fourth-order valence-electron chi connectivity index (χ4n) is 3.99. The van der Waals surface area contributed by atoms with Crippen LogP contribution in [0.3, 0.4) is 0 Å². The number of esters is 1. The first-order valence-electron chi connectivity index (χ1n) is 9.23. The predicted molar refractivity (Wildman–Crippen MR) is 112 cm³/mol. The van der Waals surface area contributed by atoms with E-state index in [1.165, 1.54) is 12.5 Å². The number of hydrogen-bond acceptors (Lipinski definition) is 3. The first-order chi connectivity index (χ1) is 12.6. The molecule has 0 saturated heterocycles. The van der Waals surface area contributed by atoms with Crippen LogP contribution in [0.1, 0.15) is 50.3 Å². The largest absolute Gasteiger partial charge is 0.543 e. The first-order valence-corrected chi connectivity index (χ1v) is 11.6. The van der Waals surface area contributed by atoms with Crippen molar-refractivity contribution in [1.29, 1.82) is 0 Å². The molecule has 0 bridgehead atoms. The number of carbonyl (C=O) groups excluding carboxylic acids is 1. The van der Waals surface area contributed by atoms with Crippen LogP contribution in [0.2, 0.25) is 13.1 Å². The standard InChI is InChI=1S/C23H27O3Si/c1-14(26-27(6)7)16-12-13-19(25-15(2)24)20-17-10-8-9-11-18(17)22(21(16)20)23(3,4)5/h8-13,22H,1H2,2-7H3. The molecule has 1 aliphatic carbocycles. The Morgan fingerprint density at radius 3 is 2.37 bits per heavy atom. The van der Waals surface area contributed by atoms with Crippen molar-refractivity contribution < 1.29 is 14.0 Å². The highest BCUT2D eigenvalue weighted by atomic mass is 28.3. The highest BCUT2D eigenvalue weighted by molar-refractivity contribution is 6.49. The zero-order chi connectivity index (χ0) is 19.9. The Balaban J connectivity index is 2.32. The molecule has 141 valence electrons. The number of hydrogen-bond donors (Lipinski definition) is 0. The Labute approximate surface area is 163 Å². The van der Waals surface area contributed by atoms with E-state index in [9.17, 15) is 4.79 Å². The molecule has 0 saturated carbocycles. The molecule has 2 aromatic rings. The van der Waals surface area contributed by atoms with Gasteiger partial charge in [-0.25, -0.2) is 0 Å². The molecule has 0 aliphatic heterocycles. The summed E-state index contributed by atoms with van der Waals surface area (Å²) in [6.45, 7) is 16.6. The van der Waals surface area contributed by atoms with E-state index in [0.29, 0.717) is 11.5 Å². The van der Waals surface area contributed by atoms with Gasteiger partial charge in [0, 0.05) is 24.0 Å². The lowest BCUT2D eigenvalue weighted by atomic mass is 9.74. The van der Waals surface area contributed by atoms with Gasteiger partial charge in [-0.1, -0.05) is 51.6 Å². The van der Waals surface area contributed by atoms with Crippen LogP contribution in [0, 0.1) is 5.41 Å². The van der Waals surface area contributed by atoms with Crippen molar-refractivity contribution >= 4 is 20.8 Å². The summed E-state index contributed by atoms with van der Waals surface area (Å²) in [5.41, 5.74) is 5.50. The summed E-state index contributed by atoms with van der Waals surface area (Å²) in [5.74, 6) is 1.15. The molecule has 0 aromatic heterocycles. The summed E-state index contributed by atoms with van der Waals surface area (Å²) in [5, 5.41) is 0. The van der Waals surface area contributed by atoms with Gasteiger partial charge in [0.25, 0.3) is 9.04 Å². The van der Waals surface area contributed by atoms with Gasteiger partial charge >= 0.3 is 5.97 Å². The van der Waals surface area contributed by atoms with Crippen LogP contribution < -0.4 is 4.74 Å². The van der Waals surface area contributed by atoms with Crippen molar-refractivity contribution in [3.8, 4) is 16.9 Å². The Bertz CT molecular complexity index is 906. The summed E-state index contributed by atoms with van der Waals surface area (Å²) < 4.78 is 11.6. The lowest BCUT2D eigenvalue weighted by Gasteiger charge is -2.31. The molecule has 0 N–H and O–H groups in total. The van der Waals surface area contributed by atoms with E-state index < -0.39 is 9.04 Å². The third kappa shape index (κ3) is 3.59. The van der Waals surface area contributed by atoms with Gasteiger partial charge in [0.1, 0.15) is 11.5 Å². The van der Waals surface area contributed by atoms with Gasteiger partial charge in [-0.3, -0.25) is 4.79 Å². The topological polar surface area (TPSA) is 35.5 Å². The van der Waals surface area contributed by atoms with Gasteiger partial charge in [-0.05, 0) is 47.3 Å². The van der Waals surface area contributed by atoms with E-state index in [-0.39, 0.29) is 17.3 Å². The number of benzene rings is 2. The molecule has 1 unspecified atom stereocenters. The normalized spacial score (nSPS) is 15.3. The maximum absolute atomic E-state index is 11.7. The van der Waals surface area contributed by atoms with E-state index in [4.69, 9.17) is 9.16 Å². The summed E-state index contributed by atoms with van der Waals surface area (Å²) in [4.78, 5) is 11.7. The van der Waals surface area contributed by atoms with E-state index in [0.717, 1.165) is 22.3 Å². The molecule has 0 fully saturated rings. The monoisotopic (exact) mass is 379 g/mol. The second-order valence-corrected chi connectivity index (χ2v) is 10.3. The molecule has 0 spiro atoms. The van der Waals surface area contributed by atoms with Crippen LogP contribution in [0.4, 0.5) is 0 Å². The fourth-order valence-corrected chi connectivity index (χ4v) is 4.60. The Morgan fingerprint density at radius 2 is 1.78 bits per heavy atom. The van der Waals surface area contributed by atoms with Crippen molar-refractivity contribution in [3.05, 3.63) is 59.7 Å². The summed E-state index contributed by atoms with van der Waals surface area (Å²) in [6, 6.07) is 12.2. The van der Waals surface area contributed by atoms with Crippen molar-refractivity contribution in [2.24, 2.45) is 5.41 Å². The van der Waals surface area contributed by atoms with Crippen LogP contribution in [0.25, 0.3) is 16.9 Å². The first kappa shape index (κ1) is 19.4. The number of rotatable bonds is 4. The quantitative estimate of drug-likeness (QED) is 0.282. The number of fused-ring (bicyclic) bond motifs is 3. The van der Waals surface area contributed by atoms with Gasteiger partial charge in [-0.2, -0.15) is 0 Å². The highest BCUT2D eigenvalue weighted by Gasteiger charge is 2.40. The molecular weight excluding hydrogens is 352 g/mol. The van der Waals surface area contributed by atoms with Gasteiger partial charge in [0.2, 0.25) is 0 Å². The highest BCUT2D eigenvalue weighted by Crippen LogP contribution is 2.57. The van der Waals surface area contributed by atoms with Crippen LogP contribution >= 0.6 is 0 Å². The van der Waals surface area contributed by atoms with Crippen molar-refractivity contribution in [3.63, 3.8) is 0 Å². The Kier molecular flexibility index (Phi) is 5.04. The molecule has 2 aromatic carbocycles. The van der Waals surface area contributed by atoms with Crippen molar-refractivity contribution in [1.82, 2.24) is 0 Å². The average Bonchev–Trinajstić information content (AvgIpc) is 2.89. The molecule has 1 aliphatic rings. The molecular formula is C23H27O3Si. The maximum Gasteiger partial charge on any atom is 0.308 e. The average molecular weight is 380 g/mol. The molecule has 3 rings (SSSR count). The Hall–Kier alpha value is -2.33. The van der Waals surface area contributed by atoms with Crippen molar-refractivity contribution in [2.75, 3.05) is 0 Å². The zero-order valence-electron chi connectivity index (χ0n) is 17.0. The minimum absolute atomic E-state index is 0.0164. The maximum atomic E-state index is 11.7. The van der Waals surface area contributed by atoms with Crippen molar-refractivity contribution in [2.45, 2.75) is 46.7 Å². The van der Waals surface area contributed by atoms with E-state index >= 15 is 0 Å². The zero-order valence-corrected chi connectivity index (χ0v) is 18.0. The third-order valence-corrected chi connectivity index (χ3v) is 5.44. The fraction of sp³-hybridized carbons (Fsp3) is 0.348. The van der Waals surface area contributed by atoms with E-state index in [2.05, 4.69) is 58.6 Å². The minimum Gasteiger partial charge on any atom is -0.543 e. The molecule has 1 atom stereocenters. The van der Waals surface area contributed by atoms with E-state index in [1.54, 1.807) is 0 Å². The SMILES string of the molecule is C=C(O[Si](C)C)c1ccc(OC(C)=O)c2c1C(C(C)(C)C)c1ccccc1-2. The predicted octanol–water partition coefficient (Wildman–Crippen LogP) is 6.01. The molecule has 4 heteroatoms. The molecule has 0 heterocycles. The summed E-state index contributed by atoms with van der Waals surface area (Å²) in [7, 11) is -0.930. The van der Waals surface area contributed by atoms with E-state index in [1.807, 2.05) is 18.2 Å². The third-order valence-electron chi connectivity index (χ3n) is 4.78. The van der Waals surface area contributed by atoms with Crippen LogP contribution in [-0.4, -0.2) is 15.0 Å². The second kappa shape index (κ2) is 7.00. The van der Waals surface area contributed by atoms with Gasteiger partial charge in [0.15, 0.2) is 0 Å². The van der Waals surface area contributed by atoms with Crippen LogP contribution in [0.5, 0.6) is 5.75 Å². The molecule has 0 amide bonds. The minimum atomic E-state index is -0.930. The molecule has 1 radical (unpaired) electrons. The second-order valence-electron chi connectivity index (χ2n) is 8.31. The summed E-state index contributed by atoms with van der Waals surface area (Å²) in [6.07, 6.45) is 0. The lowest BCUT2D eigenvalue weighted by molar-refractivity contribution is -0.131. The van der Waals surface area contributed by atoms with Crippen LogP contribution in [0.15, 0.2) is 43.0 Å². The summed E-state index contributed by atoms with van der Waals surface area (Å²) >= 11 is 0. The Morgan fingerprint density at radius 1 is 1.11 bits per heavy atom. The van der Waals surface area contributed by atoms with Crippen LogP contribution in [-0.2, 0) is 9.22 Å². The number of carbonyl (C=O) groups is 1. The lowest BCUT2D eigenvalue weighted by Crippen LogP contribution is -2.19. The molecule has 3 nitrogen and oxygen atoms in total. The van der Waals surface area contributed by atoms with Gasteiger partial charge < -0.3 is 9.16 Å². The number of ether oxygens (including phenoxy) is 1. The smallest absolute Gasteiger partial charge is 0.308 e. The molecule has 27 heavy (non-hydrogen) atoms. The van der Waals surface area contributed by atoms with Gasteiger partial charge in [-0.15, -0.1) is 0 Å². The van der Waals surface area contributed by atoms with Gasteiger partial charge in [0.05, 0.1) is 0 Å².